The second kappa shape index (κ2) is 4.87. The van der Waals surface area contributed by atoms with Crippen LogP contribution >= 0.6 is 0 Å². The van der Waals surface area contributed by atoms with Crippen LogP contribution in [0.5, 0.6) is 0 Å². The third-order valence-corrected chi connectivity index (χ3v) is 3.66. The number of hydrogen-bond donors (Lipinski definition) is 1. The van der Waals surface area contributed by atoms with Crippen LogP contribution in [0.1, 0.15) is 68.8 Å². The molecule has 0 saturated heterocycles. The van der Waals surface area contributed by atoms with Gasteiger partial charge in [-0.25, -0.2) is 0 Å². The molecule has 1 aliphatic rings. The van der Waals surface area contributed by atoms with Crippen LogP contribution in [0, 0.1) is 0 Å². The first-order valence-electron chi connectivity index (χ1n) is 6.52. The smallest absolute Gasteiger partial charge is 0.0181 e. The minimum atomic E-state index is 0.718. The topological polar surface area (TPSA) is 15.8 Å². The lowest BCUT2D eigenvalue weighted by atomic mass is 9.97. The quantitative estimate of drug-likeness (QED) is 0.758. The van der Waals surface area contributed by atoms with Crippen LogP contribution in [0.15, 0.2) is 6.07 Å². The highest BCUT2D eigenvalue weighted by molar-refractivity contribution is 5.29. The van der Waals surface area contributed by atoms with Gasteiger partial charge in [0.15, 0.2) is 0 Å². The maximum Gasteiger partial charge on any atom is 0.0181 e. The van der Waals surface area contributed by atoms with Crippen molar-refractivity contribution in [1.82, 2.24) is 4.98 Å². The maximum absolute atomic E-state index is 3.64. The fourth-order valence-electron chi connectivity index (χ4n) is 2.56. The van der Waals surface area contributed by atoms with Crippen LogP contribution < -0.4 is 0 Å². The molecule has 1 aromatic heterocycles. The van der Waals surface area contributed by atoms with Crippen molar-refractivity contribution in [3.8, 4) is 0 Å². The predicted molar refractivity (Wildman–Crippen MR) is 65.4 cm³/mol. The van der Waals surface area contributed by atoms with Crippen molar-refractivity contribution in [3.63, 3.8) is 0 Å². The molecular weight excluding hydrogens is 182 g/mol. The van der Waals surface area contributed by atoms with E-state index in [2.05, 4.69) is 24.9 Å². The number of aryl methyl sites for hydroxylation is 2. The molecule has 1 heterocycles. The van der Waals surface area contributed by atoms with Gasteiger partial charge in [-0.15, -0.1) is 0 Å². The van der Waals surface area contributed by atoms with E-state index < -0.39 is 0 Å². The van der Waals surface area contributed by atoms with Crippen molar-refractivity contribution in [2.75, 3.05) is 0 Å². The average Bonchev–Trinajstić information content (AvgIpc) is 2.69. The molecule has 2 rings (SSSR count). The van der Waals surface area contributed by atoms with Gasteiger partial charge in [0, 0.05) is 11.4 Å². The number of aromatic nitrogens is 1. The van der Waals surface area contributed by atoms with E-state index in [1.165, 1.54) is 56.3 Å². The van der Waals surface area contributed by atoms with Crippen LogP contribution in [0.2, 0.25) is 0 Å². The Bertz CT molecular complexity index is 288. The van der Waals surface area contributed by atoms with E-state index in [0.29, 0.717) is 0 Å². The second-order valence-electron chi connectivity index (χ2n) is 4.98. The summed E-state index contributed by atoms with van der Waals surface area (Å²) >= 11 is 0. The van der Waals surface area contributed by atoms with E-state index in [0.717, 1.165) is 5.92 Å². The molecule has 1 nitrogen and oxygen atoms in total. The molecule has 1 aromatic rings. The normalized spacial score (nSPS) is 17.5. The lowest BCUT2D eigenvalue weighted by Gasteiger charge is -2.09. The number of nitrogens with one attached hydrogen (secondary N) is 1. The van der Waals surface area contributed by atoms with E-state index in [1.54, 1.807) is 5.56 Å². The highest BCUT2D eigenvalue weighted by Gasteiger charge is 2.15. The van der Waals surface area contributed by atoms with Gasteiger partial charge in [0.1, 0.15) is 0 Å². The Kier molecular flexibility index (Phi) is 3.50. The fourth-order valence-corrected chi connectivity index (χ4v) is 2.56. The molecule has 1 unspecified atom stereocenters. The fraction of sp³-hybridized carbons (Fsp3) is 0.714. The molecule has 84 valence electrons. The number of H-pyrrole nitrogens is 1. The van der Waals surface area contributed by atoms with Crippen LogP contribution in [0.4, 0.5) is 0 Å². The Morgan fingerprint density at radius 2 is 2.13 bits per heavy atom. The summed E-state index contributed by atoms with van der Waals surface area (Å²) in [4.78, 5) is 3.64. The molecule has 0 aliphatic heterocycles. The molecule has 0 spiro atoms. The van der Waals surface area contributed by atoms with E-state index in [9.17, 15) is 0 Å². The summed E-state index contributed by atoms with van der Waals surface area (Å²) in [5, 5.41) is 0. The summed E-state index contributed by atoms with van der Waals surface area (Å²) in [7, 11) is 0. The minimum Gasteiger partial charge on any atom is -0.362 e. The maximum atomic E-state index is 3.64. The van der Waals surface area contributed by atoms with Crippen LogP contribution in [0.3, 0.4) is 0 Å². The summed E-state index contributed by atoms with van der Waals surface area (Å²) in [6.45, 7) is 4.62. The largest absolute Gasteiger partial charge is 0.362 e. The molecule has 0 aromatic carbocycles. The molecular formula is C14H23N. The van der Waals surface area contributed by atoms with Gasteiger partial charge in [-0.2, -0.15) is 0 Å². The van der Waals surface area contributed by atoms with Crippen LogP contribution in [-0.2, 0) is 12.8 Å². The third kappa shape index (κ3) is 2.45. The van der Waals surface area contributed by atoms with Crippen molar-refractivity contribution in [1.29, 1.82) is 0 Å². The van der Waals surface area contributed by atoms with E-state index >= 15 is 0 Å². The van der Waals surface area contributed by atoms with Crippen molar-refractivity contribution in [2.24, 2.45) is 0 Å². The number of hydrogen-bond acceptors (Lipinski definition) is 0. The molecule has 1 aliphatic carbocycles. The average molecular weight is 205 g/mol. The number of fused-ring (bicyclic) bond motifs is 1. The Labute approximate surface area is 93.3 Å². The van der Waals surface area contributed by atoms with Gasteiger partial charge in [-0.3, -0.25) is 0 Å². The lowest BCUT2D eigenvalue weighted by molar-refractivity contribution is 0.611. The molecule has 1 N–H and O–H groups in total. The van der Waals surface area contributed by atoms with Crippen LogP contribution in [0.25, 0.3) is 0 Å². The first-order chi connectivity index (χ1) is 7.31. The summed E-state index contributed by atoms with van der Waals surface area (Å²) < 4.78 is 0. The third-order valence-electron chi connectivity index (χ3n) is 3.66. The van der Waals surface area contributed by atoms with Crippen molar-refractivity contribution in [3.05, 3.63) is 23.0 Å². The predicted octanol–water partition coefficient (Wildman–Crippen LogP) is 4.19. The van der Waals surface area contributed by atoms with Gasteiger partial charge < -0.3 is 4.98 Å². The van der Waals surface area contributed by atoms with E-state index in [-0.39, 0.29) is 0 Å². The Morgan fingerprint density at radius 3 is 2.87 bits per heavy atom. The van der Waals surface area contributed by atoms with Gasteiger partial charge in [0.05, 0.1) is 0 Å². The Morgan fingerprint density at radius 1 is 1.33 bits per heavy atom. The number of aromatic amines is 1. The lowest BCUT2D eigenvalue weighted by Crippen LogP contribution is -1.99. The zero-order valence-electron chi connectivity index (χ0n) is 10.1. The molecule has 0 amide bonds. The molecule has 1 atom stereocenters. The summed E-state index contributed by atoms with van der Waals surface area (Å²) in [6, 6.07) is 2.43. The zero-order valence-corrected chi connectivity index (χ0v) is 10.1. The van der Waals surface area contributed by atoms with Gasteiger partial charge in [0.2, 0.25) is 0 Å². The van der Waals surface area contributed by atoms with Gasteiger partial charge in [-0.05, 0) is 49.7 Å². The van der Waals surface area contributed by atoms with Crippen molar-refractivity contribution >= 4 is 0 Å². The summed E-state index contributed by atoms with van der Waals surface area (Å²) in [6.07, 6.45) is 9.32. The first kappa shape index (κ1) is 10.8. The van der Waals surface area contributed by atoms with Gasteiger partial charge in [0.25, 0.3) is 0 Å². The number of unbranched alkanes of at least 4 members (excludes halogenated alkanes) is 1. The van der Waals surface area contributed by atoms with Crippen LogP contribution in [-0.4, -0.2) is 4.98 Å². The highest BCUT2D eigenvalue weighted by atomic mass is 14.7. The van der Waals surface area contributed by atoms with E-state index in [1.807, 2.05) is 0 Å². The Balaban J connectivity index is 2.05. The monoisotopic (exact) mass is 205 g/mol. The summed E-state index contributed by atoms with van der Waals surface area (Å²) in [5.74, 6) is 0.718. The number of rotatable bonds is 4. The Hall–Kier alpha value is -0.720. The van der Waals surface area contributed by atoms with Gasteiger partial charge in [-0.1, -0.05) is 26.7 Å². The molecule has 0 bridgehead atoms. The zero-order chi connectivity index (χ0) is 10.7. The summed E-state index contributed by atoms with van der Waals surface area (Å²) in [5.41, 5.74) is 4.61. The molecule has 0 radical (unpaired) electrons. The van der Waals surface area contributed by atoms with E-state index in [4.69, 9.17) is 0 Å². The molecule has 0 fully saturated rings. The second-order valence-corrected chi connectivity index (χ2v) is 4.98. The SMILES string of the molecule is CCCCC(C)c1cc2c([nH]1)CCCC2. The van der Waals surface area contributed by atoms with Crippen molar-refractivity contribution in [2.45, 2.75) is 64.7 Å². The highest BCUT2D eigenvalue weighted by Crippen LogP contribution is 2.27. The van der Waals surface area contributed by atoms with Crippen molar-refractivity contribution < 1.29 is 0 Å². The minimum absolute atomic E-state index is 0.718. The standard InChI is InChI=1S/C14H23N/c1-3-4-7-11(2)14-10-12-8-5-6-9-13(12)15-14/h10-11,15H,3-9H2,1-2H3. The molecule has 0 saturated carbocycles. The molecule has 15 heavy (non-hydrogen) atoms. The molecule has 1 heteroatoms. The van der Waals surface area contributed by atoms with Gasteiger partial charge >= 0.3 is 0 Å². The first-order valence-corrected chi connectivity index (χ1v) is 6.52.